The van der Waals surface area contributed by atoms with Gasteiger partial charge in [-0.25, -0.2) is 8.78 Å². The highest BCUT2D eigenvalue weighted by atomic mass is 32.2. The number of rotatable bonds is 7. The first-order valence-corrected chi connectivity index (χ1v) is 12.0. The SMILES string of the molecule is Cc1c(-c2cccc(C(F)F)c2)c(=O)c(C(=O)NCc2ccc(S(C)=O)cc2)cn1C(C)C. The lowest BCUT2D eigenvalue weighted by Crippen LogP contribution is -2.31. The van der Waals surface area contributed by atoms with E-state index in [1.807, 2.05) is 13.8 Å². The van der Waals surface area contributed by atoms with Crippen molar-refractivity contribution in [3.8, 4) is 11.1 Å². The Morgan fingerprint density at radius 2 is 1.79 bits per heavy atom. The normalized spacial score (nSPS) is 12.2. The number of alkyl halides is 2. The highest BCUT2D eigenvalue weighted by Crippen LogP contribution is 2.27. The molecule has 33 heavy (non-hydrogen) atoms. The Kier molecular flexibility index (Phi) is 7.58. The maximum Gasteiger partial charge on any atom is 0.263 e. The molecule has 2 aromatic carbocycles. The smallest absolute Gasteiger partial charge is 0.263 e. The summed E-state index contributed by atoms with van der Waals surface area (Å²) in [7, 11) is -1.10. The zero-order valence-corrected chi connectivity index (χ0v) is 19.7. The van der Waals surface area contributed by atoms with Crippen LogP contribution in [0, 0.1) is 6.92 Å². The molecule has 5 nitrogen and oxygen atoms in total. The Hall–Kier alpha value is -3.13. The Bertz CT molecular complexity index is 1250. The number of hydrogen-bond donors (Lipinski definition) is 1. The van der Waals surface area contributed by atoms with E-state index in [9.17, 15) is 22.6 Å². The molecule has 3 rings (SSSR count). The second kappa shape index (κ2) is 10.2. The highest BCUT2D eigenvalue weighted by Gasteiger charge is 2.21. The van der Waals surface area contributed by atoms with E-state index in [1.165, 1.54) is 24.4 Å². The Balaban J connectivity index is 1.99. The summed E-state index contributed by atoms with van der Waals surface area (Å²) < 4.78 is 39.8. The third kappa shape index (κ3) is 5.45. The number of carbonyl (C=O) groups excluding carboxylic acids is 1. The van der Waals surface area contributed by atoms with E-state index in [4.69, 9.17) is 0 Å². The molecule has 3 aromatic rings. The molecular formula is C25H26F2N2O3S. The van der Waals surface area contributed by atoms with E-state index in [-0.39, 0.29) is 29.3 Å². The molecule has 8 heteroatoms. The third-order valence-corrected chi connectivity index (χ3v) is 6.36. The van der Waals surface area contributed by atoms with Crippen molar-refractivity contribution in [1.29, 1.82) is 0 Å². The fourth-order valence-electron chi connectivity index (χ4n) is 3.67. The van der Waals surface area contributed by atoms with E-state index in [0.717, 1.165) is 5.56 Å². The molecule has 1 atom stereocenters. The summed E-state index contributed by atoms with van der Waals surface area (Å²) >= 11 is 0. The van der Waals surface area contributed by atoms with Gasteiger partial charge >= 0.3 is 0 Å². The molecule has 0 saturated carbocycles. The van der Waals surface area contributed by atoms with Gasteiger partial charge in [-0.2, -0.15) is 0 Å². The van der Waals surface area contributed by atoms with Gasteiger partial charge in [0.05, 0.1) is 0 Å². The molecule has 0 bridgehead atoms. The van der Waals surface area contributed by atoms with Gasteiger partial charge < -0.3 is 9.88 Å². The van der Waals surface area contributed by atoms with Crippen LogP contribution in [0.4, 0.5) is 8.78 Å². The third-order valence-electron chi connectivity index (χ3n) is 5.43. The van der Waals surface area contributed by atoms with E-state index in [2.05, 4.69) is 5.32 Å². The monoisotopic (exact) mass is 472 g/mol. The van der Waals surface area contributed by atoms with E-state index in [0.29, 0.717) is 16.2 Å². The van der Waals surface area contributed by atoms with Crippen LogP contribution in [0.1, 0.15) is 53.5 Å². The van der Waals surface area contributed by atoms with Gasteiger partial charge in [0.2, 0.25) is 5.43 Å². The molecule has 0 aliphatic carbocycles. The summed E-state index contributed by atoms with van der Waals surface area (Å²) in [6.45, 7) is 5.75. The van der Waals surface area contributed by atoms with Crippen molar-refractivity contribution in [2.45, 2.75) is 44.7 Å². The van der Waals surface area contributed by atoms with Crippen LogP contribution < -0.4 is 10.7 Å². The van der Waals surface area contributed by atoms with Crippen LogP contribution in [0.25, 0.3) is 11.1 Å². The number of amides is 1. The molecule has 0 radical (unpaired) electrons. The molecule has 0 aliphatic heterocycles. The largest absolute Gasteiger partial charge is 0.348 e. The van der Waals surface area contributed by atoms with Gasteiger partial charge in [0, 0.05) is 57.6 Å². The summed E-state index contributed by atoms with van der Waals surface area (Å²) in [5.41, 5.74) is 1.22. The van der Waals surface area contributed by atoms with Gasteiger partial charge in [0.1, 0.15) is 5.56 Å². The minimum absolute atomic E-state index is 0.0574. The van der Waals surface area contributed by atoms with Crippen molar-refractivity contribution in [3.63, 3.8) is 0 Å². The first-order chi connectivity index (χ1) is 15.6. The quantitative estimate of drug-likeness (QED) is 0.526. The second-order valence-corrected chi connectivity index (χ2v) is 9.42. The van der Waals surface area contributed by atoms with Crippen molar-refractivity contribution in [1.82, 2.24) is 9.88 Å². The van der Waals surface area contributed by atoms with E-state index in [1.54, 1.807) is 48.1 Å². The summed E-state index contributed by atoms with van der Waals surface area (Å²) in [4.78, 5) is 27.0. The molecule has 1 N–H and O–H groups in total. The van der Waals surface area contributed by atoms with Gasteiger partial charge in [0.25, 0.3) is 12.3 Å². The average Bonchev–Trinajstić information content (AvgIpc) is 2.77. The fraction of sp³-hybridized carbons (Fsp3) is 0.280. The lowest BCUT2D eigenvalue weighted by atomic mass is 9.98. The first kappa shape index (κ1) is 24.5. The number of nitrogens with one attached hydrogen (secondary N) is 1. The number of hydrogen-bond acceptors (Lipinski definition) is 3. The molecule has 1 aromatic heterocycles. The summed E-state index contributed by atoms with van der Waals surface area (Å²) in [6.07, 6.45) is 0.435. The number of pyridine rings is 1. The molecule has 0 spiro atoms. The zero-order chi connectivity index (χ0) is 24.3. The van der Waals surface area contributed by atoms with Crippen LogP contribution in [-0.4, -0.2) is 20.9 Å². The summed E-state index contributed by atoms with van der Waals surface area (Å²) in [5, 5.41) is 2.75. The number of nitrogens with zero attached hydrogens (tertiary/aromatic N) is 1. The highest BCUT2D eigenvalue weighted by molar-refractivity contribution is 7.84. The molecule has 0 fully saturated rings. The Labute approximate surface area is 193 Å². The summed E-state index contributed by atoms with van der Waals surface area (Å²) in [6, 6.07) is 12.6. The predicted octanol–water partition coefficient (Wildman–Crippen LogP) is 5.01. The van der Waals surface area contributed by atoms with Gasteiger partial charge in [0.15, 0.2) is 0 Å². The van der Waals surface area contributed by atoms with Gasteiger partial charge in [-0.3, -0.25) is 13.8 Å². The maximum absolute atomic E-state index is 13.3. The molecule has 1 amide bonds. The minimum atomic E-state index is -2.67. The van der Waals surface area contributed by atoms with Gasteiger partial charge in [-0.1, -0.05) is 30.3 Å². The second-order valence-electron chi connectivity index (χ2n) is 8.04. The molecular weight excluding hydrogens is 446 g/mol. The maximum atomic E-state index is 13.3. The van der Waals surface area contributed by atoms with E-state index < -0.39 is 28.6 Å². The first-order valence-electron chi connectivity index (χ1n) is 10.4. The minimum Gasteiger partial charge on any atom is -0.348 e. The lowest BCUT2D eigenvalue weighted by Gasteiger charge is -2.20. The average molecular weight is 473 g/mol. The number of aromatic nitrogens is 1. The van der Waals surface area contributed by atoms with Crippen LogP contribution >= 0.6 is 0 Å². The lowest BCUT2D eigenvalue weighted by molar-refractivity contribution is 0.0949. The molecule has 0 saturated heterocycles. The van der Waals surface area contributed by atoms with Crippen LogP contribution in [0.5, 0.6) is 0 Å². The van der Waals surface area contributed by atoms with E-state index >= 15 is 0 Å². The Morgan fingerprint density at radius 3 is 2.36 bits per heavy atom. The van der Waals surface area contributed by atoms with Crippen molar-refractivity contribution >= 4 is 16.7 Å². The van der Waals surface area contributed by atoms with Crippen molar-refractivity contribution < 1.29 is 17.8 Å². The van der Waals surface area contributed by atoms with Crippen LogP contribution in [0.15, 0.2) is 64.4 Å². The molecule has 1 heterocycles. The topological polar surface area (TPSA) is 68.2 Å². The molecule has 174 valence electrons. The van der Waals surface area contributed by atoms with Crippen molar-refractivity contribution in [2.75, 3.05) is 6.26 Å². The predicted molar refractivity (Wildman–Crippen MR) is 126 cm³/mol. The van der Waals surface area contributed by atoms with Gasteiger partial charge in [-0.15, -0.1) is 0 Å². The zero-order valence-electron chi connectivity index (χ0n) is 18.9. The molecule has 1 unspecified atom stereocenters. The fourth-order valence-corrected chi connectivity index (χ4v) is 4.19. The van der Waals surface area contributed by atoms with Crippen LogP contribution in [0.3, 0.4) is 0 Å². The number of benzene rings is 2. The number of halogens is 2. The van der Waals surface area contributed by atoms with Crippen LogP contribution in [0.2, 0.25) is 0 Å². The van der Waals surface area contributed by atoms with Crippen LogP contribution in [-0.2, 0) is 17.3 Å². The van der Waals surface area contributed by atoms with Gasteiger partial charge in [-0.05, 0) is 50.1 Å². The molecule has 0 aliphatic rings. The van der Waals surface area contributed by atoms with Crippen molar-refractivity contribution in [2.24, 2.45) is 0 Å². The number of carbonyl (C=O) groups is 1. The summed E-state index contributed by atoms with van der Waals surface area (Å²) in [5.74, 6) is -0.552. The standard InChI is InChI=1S/C25H26F2N2O3S/c1-15(2)29-14-21(25(31)28-13-17-8-10-20(11-9-17)33(4)32)23(30)22(16(29)3)18-6-5-7-19(12-18)24(26)27/h5-12,14-15,24H,13H2,1-4H3,(H,28,31). The Morgan fingerprint density at radius 1 is 1.12 bits per heavy atom. The van der Waals surface area contributed by atoms with Crippen molar-refractivity contribution in [3.05, 3.63) is 87.3 Å².